The number of halogens is 2. The number of hydrogen-bond acceptors (Lipinski definition) is 5. The zero-order valence-electron chi connectivity index (χ0n) is 15.3. The fraction of sp³-hybridized carbons (Fsp3) is 0.611. The quantitative estimate of drug-likeness (QED) is 0.787. The molecule has 1 unspecified atom stereocenters. The van der Waals surface area contributed by atoms with Crippen LogP contribution in [0, 0.1) is 0 Å². The third kappa shape index (κ3) is 5.56. The summed E-state index contributed by atoms with van der Waals surface area (Å²) in [5.74, 6) is 1.70. The van der Waals surface area contributed by atoms with Gasteiger partial charge in [0, 0.05) is 43.0 Å². The molecule has 1 aromatic carbocycles. The van der Waals surface area contributed by atoms with E-state index in [2.05, 4.69) is 15.5 Å². The van der Waals surface area contributed by atoms with Crippen molar-refractivity contribution in [3.05, 3.63) is 18.2 Å². The minimum absolute atomic E-state index is 0. The topological polar surface area (TPSA) is 62.8 Å². The number of rotatable bonds is 5. The summed E-state index contributed by atoms with van der Waals surface area (Å²) >= 11 is 0. The number of carbonyl (C=O) groups excluding carboxylic acids is 1. The van der Waals surface area contributed by atoms with E-state index in [-0.39, 0.29) is 42.8 Å². The third-order valence-electron chi connectivity index (χ3n) is 4.86. The van der Waals surface area contributed by atoms with Crippen molar-refractivity contribution in [1.29, 1.82) is 0 Å². The lowest BCUT2D eigenvalue weighted by molar-refractivity contribution is -0.124. The van der Waals surface area contributed by atoms with Gasteiger partial charge in [-0.15, -0.1) is 24.8 Å². The second-order valence-corrected chi connectivity index (χ2v) is 6.51. The van der Waals surface area contributed by atoms with Gasteiger partial charge in [0.15, 0.2) is 0 Å². The first kappa shape index (κ1) is 22.7. The van der Waals surface area contributed by atoms with Gasteiger partial charge in [-0.2, -0.15) is 0 Å². The Morgan fingerprint density at radius 1 is 1.12 bits per heavy atom. The van der Waals surface area contributed by atoms with Crippen LogP contribution in [0.25, 0.3) is 0 Å². The van der Waals surface area contributed by atoms with Gasteiger partial charge in [-0.1, -0.05) is 6.42 Å². The first-order valence-corrected chi connectivity index (χ1v) is 8.71. The molecule has 0 aliphatic carbocycles. The average molecular weight is 406 g/mol. The number of carbonyl (C=O) groups is 1. The molecule has 1 amide bonds. The Morgan fingerprint density at radius 3 is 2.38 bits per heavy atom. The number of methoxy groups -OCH3 is 2. The summed E-state index contributed by atoms with van der Waals surface area (Å²) in [4.78, 5) is 14.6. The number of benzene rings is 1. The molecule has 3 rings (SSSR count). The van der Waals surface area contributed by atoms with Gasteiger partial charge < -0.3 is 25.0 Å². The molecule has 0 spiro atoms. The van der Waals surface area contributed by atoms with Gasteiger partial charge in [0.2, 0.25) is 5.91 Å². The molecule has 26 heavy (non-hydrogen) atoms. The number of nitrogens with zero attached hydrogens (tertiary/aromatic N) is 1. The molecular formula is C18H29Cl2N3O3. The lowest BCUT2D eigenvalue weighted by Gasteiger charge is -2.25. The average Bonchev–Trinajstić information content (AvgIpc) is 3.10. The van der Waals surface area contributed by atoms with Crippen molar-refractivity contribution in [2.75, 3.05) is 38.8 Å². The largest absolute Gasteiger partial charge is 0.497 e. The molecule has 0 radical (unpaired) electrons. The standard InChI is InChI=1S/C18H27N3O3.2ClH/c1-23-15-9-14(10-16(11-15)24-2)21-8-6-13(12-21)20-18(22)17-5-3-4-7-19-17;;/h9-11,13,17,19H,3-8,12H2,1-2H3,(H,20,22);2*1H/t13?,17-;;/m1../s1. The Labute approximate surface area is 167 Å². The van der Waals surface area contributed by atoms with Gasteiger partial charge in [0.1, 0.15) is 11.5 Å². The summed E-state index contributed by atoms with van der Waals surface area (Å²) in [6.07, 6.45) is 4.19. The van der Waals surface area contributed by atoms with E-state index in [1.165, 1.54) is 6.42 Å². The maximum absolute atomic E-state index is 12.4. The SMILES string of the molecule is COc1cc(OC)cc(N2CCC(NC(=O)[C@H]3CCCCN3)C2)c1.Cl.Cl. The Morgan fingerprint density at radius 2 is 1.81 bits per heavy atom. The van der Waals surface area contributed by atoms with Gasteiger partial charge in [-0.3, -0.25) is 4.79 Å². The fourth-order valence-electron chi connectivity index (χ4n) is 3.46. The third-order valence-corrected chi connectivity index (χ3v) is 4.86. The maximum atomic E-state index is 12.4. The molecule has 0 saturated carbocycles. The molecule has 2 aliphatic heterocycles. The zero-order valence-corrected chi connectivity index (χ0v) is 17.0. The zero-order chi connectivity index (χ0) is 16.9. The molecule has 2 atom stereocenters. The summed E-state index contributed by atoms with van der Waals surface area (Å²) in [5, 5.41) is 6.51. The van der Waals surface area contributed by atoms with E-state index in [1.54, 1.807) is 14.2 Å². The monoisotopic (exact) mass is 405 g/mol. The van der Waals surface area contributed by atoms with Crippen molar-refractivity contribution in [3.63, 3.8) is 0 Å². The smallest absolute Gasteiger partial charge is 0.237 e. The molecule has 0 bridgehead atoms. The van der Waals surface area contributed by atoms with Crippen LogP contribution >= 0.6 is 24.8 Å². The van der Waals surface area contributed by atoms with Crippen molar-refractivity contribution in [3.8, 4) is 11.5 Å². The van der Waals surface area contributed by atoms with Crippen LogP contribution in [0.3, 0.4) is 0 Å². The van der Waals surface area contributed by atoms with Crippen LogP contribution in [0.1, 0.15) is 25.7 Å². The van der Waals surface area contributed by atoms with Crippen molar-refractivity contribution in [2.45, 2.75) is 37.8 Å². The predicted octanol–water partition coefficient (Wildman–Crippen LogP) is 2.38. The first-order valence-electron chi connectivity index (χ1n) is 8.71. The van der Waals surface area contributed by atoms with E-state index >= 15 is 0 Å². The number of nitrogens with one attached hydrogen (secondary N) is 2. The summed E-state index contributed by atoms with van der Waals surface area (Å²) in [5.41, 5.74) is 1.07. The molecule has 6 nitrogen and oxygen atoms in total. The van der Waals surface area contributed by atoms with Crippen LogP contribution in [0.5, 0.6) is 11.5 Å². The van der Waals surface area contributed by atoms with Crippen molar-refractivity contribution < 1.29 is 14.3 Å². The maximum Gasteiger partial charge on any atom is 0.237 e. The van der Waals surface area contributed by atoms with Gasteiger partial charge in [0.25, 0.3) is 0 Å². The minimum Gasteiger partial charge on any atom is -0.497 e. The molecule has 2 saturated heterocycles. The molecule has 2 aliphatic rings. The Bertz CT molecular complexity index is 561. The summed E-state index contributed by atoms with van der Waals surface area (Å²) < 4.78 is 10.7. The normalized spacial score (nSPS) is 22.0. The lowest BCUT2D eigenvalue weighted by Crippen LogP contribution is -2.50. The second-order valence-electron chi connectivity index (χ2n) is 6.51. The highest BCUT2D eigenvalue weighted by Crippen LogP contribution is 2.30. The summed E-state index contributed by atoms with van der Waals surface area (Å²) in [6.45, 7) is 2.67. The number of hydrogen-bond donors (Lipinski definition) is 2. The molecule has 8 heteroatoms. The van der Waals surface area contributed by atoms with E-state index in [0.717, 1.165) is 56.1 Å². The highest BCUT2D eigenvalue weighted by atomic mass is 35.5. The molecule has 148 valence electrons. The number of ether oxygens (including phenoxy) is 2. The Hall–Kier alpha value is -1.37. The lowest BCUT2D eigenvalue weighted by atomic mass is 10.0. The number of anilines is 1. The molecule has 2 heterocycles. The molecule has 1 aromatic rings. The first-order chi connectivity index (χ1) is 11.7. The van der Waals surface area contributed by atoms with Gasteiger partial charge >= 0.3 is 0 Å². The van der Waals surface area contributed by atoms with E-state index in [4.69, 9.17) is 9.47 Å². The van der Waals surface area contributed by atoms with Crippen molar-refractivity contribution in [2.24, 2.45) is 0 Å². The highest BCUT2D eigenvalue weighted by Gasteiger charge is 2.28. The molecule has 2 N–H and O–H groups in total. The van der Waals surface area contributed by atoms with Crippen LogP contribution in [0.2, 0.25) is 0 Å². The van der Waals surface area contributed by atoms with E-state index in [1.807, 2.05) is 18.2 Å². The van der Waals surface area contributed by atoms with E-state index < -0.39 is 0 Å². The Kier molecular flexibility index (Phi) is 9.33. The van der Waals surface area contributed by atoms with Gasteiger partial charge in [-0.25, -0.2) is 0 Å². The van der Waals surface area contributed by atoms with Gasteiger partial charge in [0.05, 0.1) is 20.3 Å². The summed E-state index contributed by atoms with van der Waals surface area (Å²) in [7, 11) is 3.31. The minimum atomic E-state index is -0.0234. The Balaban J connectivity index is 0.00000169. The fourth-order valence-corrected chi connectivity index (χ4v) is 3.46. The predicted molar refractivity (Wildman–Crippen MR) is 108 cm³/mol. The van der Waals surface area contributed by atoms with E-state index in [0.29, 0.717) is 0 Å². The van der Waals surface area contributed by atoms with Crippen LogP contribution < -0.4 is 25.0 Å². The van der Waals surface area contributed by atoms with Crippen molar-refractivity contribution in [1.82, 2.24) is 10.6 Å². The second kappa shape index (κ2) is 10.7. The van der Waals surface area contributed by atoms with Crippen LogP contribution in [0.4, 0.5) is 5.69 Å². The number of amides is 1. The van der Waals surface area contributed by atoms with Crippen molar-refractivity contribution >= 4 is 36.4 Å². The van der Waals surface area contributed by atoms with Crippen LogP contribution in [-0.4, -0.2) is 51.8 Å². The van der Waals surface area contributed by atoms with Gasteiger partial charge in [-0.05, 0) is 25.8 Å². The van der Waals surface area contributed by atoms with E-state index in [9.17, 15) is 4.79 Å². The number of piperidine rings is 1. The highest BCUT2D eigenvalue weighted by molar-refractivity contribution is 5.85. The summed E-state index contributed by atoms with van der Waals surface area (Å²) in [6, 6.07) is 6.06. The van der Waals surface area contributed by atoms with Crippen LogP contribution in [0.15, 0.2) is 18.2 Å². The van der Waals surface area contributed by atoms with Crippen LogP contribution in [-0.2, 0) is 4.79 Å². The molecule has 2 fully saturated rings. The molecular weight excluding hydrogens is 377 g/mol. The molecule has 0 aromatic heterocycles.